The maximum atomic E-state index is 13.0. The monoisotopic (exact) mass is 263 g/mol. The quantitative estimate of drug-likeness (QED) is 0.844. The largest absolute Gasteiger partial charge is 0.467 e. The molecule has 0 spiro atoms. The summed E-state index contributed by atoms with van der Waals surface area (Å²) in [6.45, 7) is 0.552. The molecule has 0 amide bonds. The number of nitrogens with one attached hydrogen (secondary N) is 1. The summed E-state index contributed by atoms with van der Waals surface area (Å²) in [5.41, 5.74) is 6.40. The Hall–Kier alpha value is -2.44. The summed E-state index contributed by atoms with van der Waals surface area (Å²) in [5.74, 6) is 0.171. The summed E-state index contributed by atoms with van der Waals surface area (Å²) in [6, 6.07) is 6.58. The number of hydrogen-bond donors (Lipinski definition) is 2. The summed E-state index contributed by atoms with van der Waals surface area (Å²) in [5, 5.41) is 2.98. The maximum absolute atomic E-state index is 13.0. The normalized spacial score (nSPS) is 10.2. The van der Waals surface area contributed by atoms with E-state index in [4.69, 9.17) is 10.5 Å². The lowest BCUT2D eigenvalue weighted by Gasteiger charge is -2.06. The molecule has 0 unspecified atom stereocenters. The predicted molar refractivity (Wildman–Crippen MR) is 69.4 cm³/mol. The number of halogens is 1. The Morgan fingerprint density at radius 2 is 2.16 bits per heavy atom. The lowest BCUT2D eigenvalue weighted by Crippen LogP contribution is -2.11. The molecule has 1 aromatic carbocycles. The van der Waals surface area contributed by atoms with Crippen molar-refractivity contribution >= 4 is 11.9 Å². The molecule has 0 aliphatic carbocycles. The number of methoxy groups -OCH3 is 1. The minimum atomic E-state index is -0.247. The minimum absolute atomic E-state index is 0.0834. The van der Waals surface area contributed by atoms with Crippen LogP contribution >= 0.6 is 0 Å². The molecule has 0 atom stereocenters. The Balaban J connectivity index is 1.94. The van der Waals surface area contributed by atoms with Crippen molar-refractivity contribution in [1.29, 1.82) is 0 Å². The van der Waals surface area contributed by atoms with E-state index in [0.717, 1.165) is 5.56 Å². The number of ether oxygens (including phenoxy) is 1. The first-order valence-electron chi connectivity index (χ1n) is 5.71. The van der Waals surface area contributed by atoms with Crippen molar-refractivity contribution in [3.63, 3.8) is 0 Å². The summed E-state index contributed by atoms with van der Waals surface area (Å²) in [4.78, 5) is 11.7. The van der Waals surface area contributed by atoms with Crippen LogP contribution in [0.1, 0.15) is 5.56 Å². The van der Waals surface area contributed by atoms with Crippen LogP contribution in [0.25, 0.3) is 0 Å². The third kappa shape index (κ3) is 3.77. The molecule has 7 heteroatoms. The fraction of sp³-hybridized carbons (Fsp3) is 0.250. The van der Waals surface area contributed by atoms with Gasteiger partial charge < -0.3 is 15.8 Å². The number of benzene rings is 1. The molecule has 2 aromatic rings. The molecule has 0 fully saturated rings. The van der Waals surface area contributed by atoms with Gasteiger partial charge in [0.2, 0.25) is 11.9 Å². The van der Waals surface area contributed by atoms with Crippen LogP contribution in [0.2, 0.25) is 0 Å². The maximum Gasteiger partial charge on any atom is 0.322 e. The van der Waals surface area contributed by atoms with Gasteiger partial charge in [-0.2, -0.15) is 15.0 Å². The molecule has 0 radical (unpaired) electrons. The number of nitrogens with two attached hydrogens (primary N) is 1. The van der Waals surface area contributed by atoms with Gasteiger partial charge >= 0.3 is 6.01 Å². The Labute approximate surface area is 109 Å². The van der Waals surface area contributed by atoms with Crippen LogP contribution in [-0.4, -0.2) is 28.6 Å². The molecule has 1 aromatic heterocycles. The Kier molecular flexibility index (Phi) is 4.07. The van der Waals surface area contributed by atoms with Crippen LogP contribution in [-0.2, 0) is 6.42 Å². The van der Waals surface area contributed by atoms with Crippen LogP contribution in [0.15, 0.2) is 24.3 Å². The average Bonchev–Trinajstić information content (AvgIpc) is 2.38. The summed E-state index contributed by atoms with van der Waals surface area (Å²) in [7, 11) is 1.45. The molecular formula is C12H14FN5O. The van der Waals surface area contributed by atoms with Gasteiger partial charge in [-0.1, -0.05) is 12.1 Å². The first-order valence-corrected chi connectivity index (χ1v) is 5.71. The summed E-state index contributed by atoms with van der Waals surface area (Å²) in [6.07, 6.45) is 0.645. The van der Waals surface area contributed by atoms with Crippen molar-refractivity contribution in [3.8, 4) is 6.01 Å². The third-order valence-corrected chi connectivity index (χ3v) is 2.40. The smallest absolute Gasteiger partial charge is 0.322 e. The molecule has 6 nitrogen and oxygen atoms in total. The van der Waals surface area contributed by atoms with Gasteiger partial charge in [0.25, 0.3) is 0 Å². The minimum Gasteiger partial charge on any atom is -0.467 e. The second-order valence-electron chi connectivity index (χ2n) is 3.81. The van der Waals surface area contributed by atoms with Gasteiger partial charge in [-0.15, -0.1) is 0 Å². The Morgan fingerprint density at radius 3 is 2.89 bits per heavy atom. The first-order chi connectivity index (χ1) is 9.17. The zero-order valence-electron chi connectivity index (χ0n) is 10.4. The first kappa shape index (κ1) is 13.0. The van der Waals surface area contributed by atoms with E-state index < -0.39 is 0 Å². The Morgan fingerprint density at radius 1 is 1.32 bits per heavy atom. The average molecular weight is 263 g/mol. The highest BCUT2D eigenvalue weighted by molar-refractivity contribution is 5.32. The summed E-state index contributed by atoms with van der Waals surface area (Å²) < 4.78 is 17.9. The summed E-state index contributed by atoms with van der Waals surface area (Å²) >= 11 is 0. The molecule has 2 rings (SSSR count). The highest BCUT2D eigenvalue weighted by Crippen LogP contribution is 2.09. The predicted octanol–water partition coefficient (Wildman–Crippen LogP) is 1.26. The zero-order chi connectivity index (χ0) is 13.7. The fourth-order valence-corrected chi connectivity index (χ4v) is 1.55. The van der Waals surface area contributed by atoms with Gasteiger partial charge in [-0.05, 0) is 24.1 Å². The van der Waals surface area contributed by atoms with Crippen LogP contribution in [0.5, 0.6) is 6.01 Å². The van der Waals surface area contributed by atoms with E-state index in [1.54, 1.807) is 6.07 Å². The Bertz CT molecular complexity index is 564. The highest BCUT2D eigenvalue weighted by Gasteiger charge is 2.03. The molecule has 0 bridgehead atoms. The van der Waals surface area contributed by atoms with Crippen LogP contribution in [0.3, 0.4) is 0 Å². The number of aromatic nitrogens is 3. The van der Waals surface area contributed by atoms with E-state index in [0.29, 0.717) is 18.9 Å². The third-order valence-electron chi connectivity index (χ3n) is 2.40. The number of nitrogen functional groups attached to an aromatic ring is 1. The molecule has 0 saturated heterocycles. The van der Waals surface area contributed by atoms with Crippen molar-refractivity contribution in [2.45, 2.75) is 6.42 Å². The van der Waals surface area contributed by atoms with Crippen molar-refractivity contribution < 1.29 is 9.13 Å². The topological polar surface area (TPSA) is 86.0 Å². The van der Waals surface area contributed by atoms with Crippen molar-refractivity contribution in [3.05, 3.63) is 35.6 Å². The van der Waals surface area contributed by atoms with Gasteiger partial charge in [0.1, 0.15) is 5.82 Å². The van der Waals surface area contributed by atoms with E-state index in [1.165, 1.54) is 19.2 Å². The van der Waals surface area contributed by atoms with Crippen LogP contribution < -0.4 is 15.8 Å². The van der Waals surface area contributed by atoms with Crippen LogP contribution in [0, 0.1) is 5.82 Å². The lowest BCUT2D eigenvalue weighted by atomic mass is 10.1. The van der Waals surface area contributed by atoms with E-state index in [1.807, 2.05) is 6.07 Å². The second kappa shape index (κ2) is 5.94. The molecule has 100 valence electrons. The molecule has 1 heterocycles. The van der Waals surface area contributed by atoms with E-state index >= 15 is 0 Å². The molecular weight excluding hydrogens is 249 g/mol. The van der Waals surface area contributed by atoms with Gasteiger partial charge in [-0.3, -0.25) is 0 Å². The molecule has 0 saturated carbocycles. The van der Waals surface area contributed by atoms with Gasteiger partial charge in [0.05, 0.1) is 7.11 Å². The molecule has 19 heavy (non-hydrogen) atoms. The highest BCUT2D eigenvalue weighted by atomic mass is 19.1. The van der Waals surface area contributed by atoms with Crippen molar-refractivity contribution in [2.24, 2.45) is 0 Å². The lowest BCUT2D eigenvalue weighted by molar-refractivity contribution is 0.379. The van der Waals surface area contributed by atoms with Gasteiger partial charge in [0.15, 0.2) is 0 Å². The van der Waals surface area contributed by atoms with Crippen LogP contribution in [0.4, 0.5) is 16.3 Å². The van der Waals surface area contributed by atoms with E-state index in [-0.39, 0.29) is 17.8 Å². The fourth-order valence-electron chi connectivity index (χ4n) is 1.55. The SMILES string of the molecule is COc1nc(N)nc(NCCc2cccc(F)c2)n1. The number of rotatable bonds is 5. The number of anilines is 2. The molecule has 0 aliphatic rings. The van der Waals surface area contributed by atoms with Gasteiger partial charge in [-0.25, -0.2) is 4.39 Å². The number of nitrogens with zero attached hydrogens (tertiary/aromatic N) is 3. The molecule has 3 N–H and O–H groups in total. The van der Waals surface area contributed by atoms with E-state index in [2.05, 4.69) is 20.3 Å². The van der Waals surface area contributed by atoms with Crippen molar-refractivity contribution in [2.75, 3.05) is 24.7 Å². The van der Waals surface area contributed by atoms with Gasteiger partial charge in [0, 0.05) is 6.54 Å². The van der Waals surface area contributed by atoms with E-state index in [9.17, 15) is 4.39 Å². The zero-order valence-corrected chi connectivity index (χ0v) is 10.4. The standard InChI is InChI=1S/C12H14FN5O/c1-19-12-17-10(14)16-11(18-12)15-6-5-8-3-2-4-9(13)7-8/h2-4,7H,5-6H2,1H3,(H3,14,15,16,17,18). The number of hydrogen-bond acceptors (Lipinski definition) is 6. The second-order valence-corrected chi connectivity index (χ2v) is 3.81. The molecule has 0 aliphatic heterocycles. The van der Waals surface area contributed by atoms with Crippen molar-refractivity contribution in [1.82, 2.24) is 15.0 Å².